The summed E-state index contributed by atoms with van der Waals surface area (Å²) >= 11 is 0. The molecule has 0 aliphatic carbocycles. The van der Waals surface area contributed by atoms with Crippen LogP contribution in [0.1, 0.15) is 10.5 Å². The van der Waals surface area contributed by atoms with E-state index in [0.29, 0.717) is 27.6 Å². The second kappa shape index (κ2) is 4.84. The number of fused-ring (bicyclic) bond motifs is 2. The number of aromatic nitrogens is 3. The number of halogens is 1. The Hall–Kier alpha value is -3.35. The fourth-order valence-electron chi connectivity index (χ4n) is 2.55. The molecule has 0 atom stereocenters. The highest BCUT2D eigenvalue weighted by molar-refractivity contribution is 6.06. The van der Waals surface area contributed by atoms with E-state index in [1.54, 1.807) is 30.3 Å². The molecule has 2 heterocycles. The molecule has 4 rings (SSSR count). The molecule has 1 amide bonds. The van der Waals surface area contributed by atoms with Gasteiger partial charge in [0.25, 0.3) is 5.91 Å². The number of imidazole rings is 1. The zero-order valence-electron chi connectivity index (χ0n) is 11.7. The molecule has 0 aliphatic rings. The van der Waals surface area contributed by atoms with Gasteiger partial charge in [0.05, 0.1) is 11.0 Å². The summed E-state index contributed by atoms with van der Waals surface area (Å²) in [6.45, 7) is 0. The van der Waals surface area contributed by atoms with Gasteiger partial charge in [0.1, 0.15) is 11.5 Å². The molecule has 2 aromatic heterocycles. The Morgan fingerprint density at radius 1 is 0.957 bits per heavy atom. The van der Waals surface area contributed by atoms with Crippen molar-refractivity contribution in [2.24, 2.45) is 0 Å². The van der Waals surface area contributed by atoms with Crippen LogP contribution < -0.4 is 11.0 Å². The quantitative estimate of drug-likeness (QED) is 0.458. The lowest BCUT2D eigenvalue weighted by atomic mass is 10.2. The van der Waals surface area contributed by atoms with E-state index < -0.39 is 5.91 Å². The first kappa shape index (κ1) is 13.3. The summed E-state index contributed by atoms with van der Waals surface area (Å²) in [5.41, 5.74) is 2.27. The lowest BCUT2D eigenvalue weighted by Crippen LogP contribution is -2.12. The number of H-pyrrole nitrogens is 3. The van der Waals surface area contributed by atoms with Crippen molar-refractivity contribution in [1.82, 2.24) is 15.0 Å². The van der Waals surface area contributed by atoms with Crippen molar-refractivity contribution in [1.29, 1.82) is 0 Å². The smallest absolute Gasteiger partial charge is 0.323 e. The van der Waals surface area contributed by atoms with Crippen LogP contribution in [0.5, 0.6) is 0 Å². The number of nitrogens with one attached hydrogen (secondary N) is 4. The van der Waals surface area contributed by atoms with Crippen molar-refractivity contribution in [2.75, 3.05) is 5.32 Å². The third-order valence-electron chi connectivity index (χ3n) is 3.63. The molecule has 0 saturated carbocycles. The van der Waals surface area contributed by atoms with Crippen LogP contribution in [-0.2, 0) is 0 Å². The van der Waals surface area contributed by atoms with Crippen LogP contribution in [0.25, 0.3) is 21.9 Å². The monoisotopic (exact) mass is 310 g/mol. The van der Waals surface area contributed by atoms with Gasteiger partial charge in [-0.1, -0.05) is 6.07 Å². The number of benzene rings is 2. The lowest BCUT2D eigenvalue weighted by Gasteiger charge is -2.03. The Morgan fingerprint density at radius 3 is 2.61 bits per heavy atom. The Kier molecular flexibility index (Phi) is 2.80. The molecule has 4 aromatic rings. The molecule has 0 radical (unpaired) electrons. The van der Waals surface area contributed by atoms with Crippen LogP contribution in [0.4, 0.5) is 10.1 Å². The Bertz CT molecular complexity index is 1110. The highest BCUT2D eigenvalue weighted by Gasteiger charge is 2.12. The average Bonchev–Trinajstić information content (AvgIpc) is 3.10. The van der Waals surface area contributed by atoms with E-state index in [1.807, 2.05) is 0 Å². The van der Waals surface area contributed by atoms with Gasteiger partial charge in [-0.2, -0.15) is 0 Å². The SMILES string of the molecule is O=C(Nc1ccc2[nH]c(=O)[nH]c2c1)c1cc2c(F)cccc2[nH]1. The van der Waals surface area contributed by atoms with Gasteiger partial charge in [-0.3, -0.25) is 4.79 Å². The minimum atomic E-state index is -0.391. The number of anilines is 1. The number of aromatic amines is 3. The van der Waals surface area contributed by atoms with E-state index in [0.717, 1.165) is 0 Å². The molecule has 0 fully saturated rings. The predicted octanol–water partition coefficient (Wildman–Crippen LogP) is 2.73. The third kappa shape index (κ3) is 2.28. The minimum absolute atomic E-state index is 0.257. The van der Waals surface area contributed by atoms with Crippen molar-refractivity contribution in [2.45, 2.75) is 0 Å². The second-order valence-electron chi connectivity index (χ2n) is 5.18. The van der Waals surface area contributed by atoms with Crippen LogP contribution in [0.3, 0.4) is 0 Å². The number of hydrogen-bond donors (Lipinski definition) is 4. The van der Waals surface area contributed by atoms with Crippen LogP contribution in [-0.4, -0.2) is 20.9 Å². The van der Waals surface area contributed by atoms with Crippen molar-refractivity contribution in [3.8, 4) is 0 Å². The third-order valence-corrected chi connectivity index (χ3v) is 3.63. The summed E-state index contributed by atoms with van der Waals surface area (Å²) in [5, 5.41) is 3.08. The molecular formula is C16H11FN4O2. The summed E-state index contributed by atoms with van der Waals surface area (Å²) in [5.74, 6) is -0.776. The zero-order valence-corrected chi connectivity index (χ0v) is 11.7. The zero-order chi connectivity index (χ0) is 16.0. The van der Waals surface area contributed by atoms with Crippen molar-refractivity contribution in [3.63, 3.8) is 0 Å². The standard InChI is InChI=1S/C16H11FN4O2/c17-10-2-1-3-11-9(10)7-14(19-11)15(22)18-8-4-5-12-13(6-8)21-16(23)20-12/h1-7,19H,(H,18,22)(H2,20,21,23). The van der Waals surface area contributed by atoms with Gasteiger partial charge >= 0.3 is 5.69 Å². The maximum Gasteiger partial charge on any atom is 0.323 e. The Morgan fingerprint density at radius 2 is 1.78 bits per heavy atom. The summed E-state index contributed by atoms with van der Waals surface area (Å²) in [6, 6.07) is 11.1. The molecule has 0 unspecified atom stereocenters. The molecule has 0 bridgehead atoms. The lowest BCUT2D eigenvalue weighted by molar-refractivity contribution is 0.102. The van der Waals surface area contributed by atoms with E-state index in [1.165, 1.54) is 12.1 Å². The van der Waals surface area contributed by atoms with Gasteiger partial charge in [-0.05, 0) is 36.4 Å². The number of carbonyl (C=O) groups excluding carboxylic acids is 1. The predicted molar refractivity (Wildman–Crippen MR) is 85.1 cm³/mol. The molecule has 0 aliphatic heterocycles. The van der Waals surface area contributed by atoms with Gasteiger partial charge in [-0.15, -0.1) is 0 Å². The Labute approximate surface area is 128 Å². The number of hydrogen-bond acceptors (Lipinski definition) is 2. The largest absolute Gasteiger partial charge is 0.350 e. The molecular weight excluding hydrogens is 299 g/mol. The maximum atomic E-state index is 13.7. The van der Waals surface area contributed by atoms with Gasteiger partial charge in [-0.25, -0.2) is 9.18 Å². The normalized spacial score (nSPS) is 11.2. The second-order valence-corrected chi connectivity index (χ2v) is 5.18. The average molecular weight is 310 g/mol. The molecule has 0 spiro atoms. The summed E-state index contributed by atoms with van der Waals surface area (Å²) in [4.78, 5) is 31.7. The fourth-order valence-corrected chi connectivity index (χ4v) is 2.55. The maximum absolute atomic E-state index is 13.7. The van der Waals surface area contributed by atoms with Gasteiger partial charge in [0, 0.05) is 16.6 Å². The van der Waals surface area contributed by atoms with Gasteiger partial charge < -0.3 is 20.3 Å². The summed E-state index contributed by atoms with van der Waals surface area (Å²) < 4.78 is 13.7. The summed E-state index contributed by atoms with van der Waals surface area (Å²) in [6.07, 6.45) is 0. The molecule has 23 heavy (non-hydrogen) atoms. The first-order chi connectivity index (χ1) is 11.1. The number of rotatable bonds is 2. The molecule has 7 heteroatoms. The van der Waals surface area contributed by atoms with E-state index in [2.05, 4.69) is 20.3 Å². The van der Waals surface area contributed by atoms with Gasteiger partial charge in [0.2, 0.25) is 0 Å². The first-order valence-electron chi connectivity index (χ1n) is 6.91. The van der Waals surface area contributed by atoms with E-state index in [4.69, 9.17) is 0 Å². The molecule has 2 aromatic carbocycles. The van der Waals surface area contributed by atoms with Crippen LogP contribution in [0, 0.1) is 5.82 Å². The van der Waals surface area contributed by atoms with E-state index in [9.17, 15) is 14.0 Å². The Balaban J connectivity index is 1.67. The van der Waals surface area contributed by atoms with Crippen LogP contribution >= 0.6 is 0 Å². The summed E-state index contributed by atoms with van der Waals surface area (Å²) in [7, 11) is 0. The van der Waals surface area contributed by atoms with Crippen molar-refractivity contribution < 1.29 is 9.18 Å². The van der Waals surface area contributed by atoms with Gasteiger partial charge in [0.15, 0.2) is 0 Å². The minimum Gasteiger partial charge on any atom is -0.350 e. The van der Waals surface area contributed by atoms with Crippen molar-refractivity contribution in [3.05, 3.63) is 64.5 Å². The van der Waals surface area contributed by atoms with E-state index in [-0.39, 0.29) is 17.2 Å². The number of amides is 1. The highest BCUT2D eigenvalue weighted by Crippen LogP contribution is 2.20. The molecule has 114 valence electrons. The number of carbonyl (C=O) groups is 1. The molecule has 6 nitrogen and oxygen atoms in total. The highest BCUT2D eigenvalue weighted by atomic mass is 19.1. The first-order valence-corrected chi connectivity index (χ1v) is 6.91. The topological polar surface area (TPSA) is 93.5 Å². The molecule has 4 N–H and O–H groups in total. The van der Waals surface area contributed by atoms with E-state index >= 15 is 0 Å². The van der Waals surface area contributed by atoms with Crippen molar-refractivity contribution >= 4 is 33.5 Å². The molecule has 0 saturated heterocycles. The fraction of sp³-hybridized carbons (Fsp3) is 0. The van der Waals surface area contributed by atoms with Crippen LogP contribution in [0.2, 0.25) is 0 Å². The van der Waals surface area contributed by atoms with Crippen LogP contribution in [0.15, 0.2) is 47.3 Å².